The lowest BCUT2D eigenvalue weighted by Crippen LogP contribution is -2.76. The number of ether oxygens (including phenoxy) is 3. The number of ketones is 2. The Morgan fingerprint density at radius 1 is 0.894 bits per heavy atom. The lowest BCUT2D eigenvalue weighted by atomic mass is 9.49. The standard InChI is InChI=1S/C20H23NO4.C18H21NO3/c22-13-4-3-12-9-15-20(24)6-5-14(23)18-19(20,16(12)17(13)25-18)7-8-21(15)10-11-1-2-11;1-19-8-7-18-11-4-5-13(20)17(18)22-16-14(21-2)6-3-10(15(16)18)9-12(11)19/h3-4,11,15,18,22,24H,1-2,5-10H2;3,6,11-12,17H,4-5,7-9H2,1-2H3/t15-,18+,19+,20-;11-,12+,17-,18-/m10/s1. The van der Waals surface area contributed by atoms with Crippen molar-refractivity contribution in [2.75, 3.05) is 33.8 Å². The maximum Gasteiger partial charge on any atom is 0.174 e. The zero-order valence-corrected chi connectivity index (χ0v) is 27.3. The van der Waals surface area contributed by atoms with Gasteiger partial charge in [-0.15, -0.1) is 0 Å². The van der Waals surface area contributed by atoms with Gasteiger partial charge in [-0.05, 0) is 107 Å². The lowest BCUT2D eigenvalue weighted by molar-refractivity contribution is -0.188. The van der Waals surface area contributed by atoms with E-state index in [1.807, 2.05) is 12.1 Å². The maximum atomic E-state index is 12.7. The van der Waals surface area contributed by atoms with E-state index in [9.17, 15) is 19.8 Å². The first-order valence-electron chi connectivity index (χ1n) is 17.8. The number of likely N-dealkylation sites (tertiary alicyclic amines) is 2. The number of hydrogen-bond acceptors (Lipinski definition) is 9. The molecule has 47 heavy (non-hydrogen) atoms. The highest BCUT2D eigenvalue weighted by atomic mass is 16.5. The van der Waals surface area contributed by atoms with Crippen LogP contribution in [-0.4, -0.2) is 95.3 Å². The van der Waals surface area contributed by atoms with E-state index in [1.165, 1.54) is 24.0 Å². The highest BCUT2D eigenvalue weighted by molar-refractivity contribution is 5.90. The predicted molar refractivity (Wildman–Crippen MR) is 171 cm³/mol. The average molecular weight is 641 g/mol. The third-order valence-electron chi connectivity index (χ3n) is 14.1. The number of likely N-dealkylation sites (N-methyl/N-ethyl adjacent to an activating group) is 1. The number of Topliss-reactive ketones (excluding diaryl/α,β-unsaturated/α-hetero) is 2. The normalized spacial score (nSPS) is 40.0. The van der Waals surface area contributed by atoms with Crippen LogP contribution in [0.1, 0.15) is 73.6 Å². The van der Waals surface area contributed by atoms with Crippen molar-refractivity contribution in [3.8, 4) is 23.0 Å². The zero-order valence-electron chi connectivity index (χ0n) is 27.3. The summed E-state index contributed by atoms with van der Waals surface area (Å²) in [7, 11) is 3.91. The minimum absolute atomic E-state index is 0.0454. The fourth-order valence-corrected chi connectivity index (χ4v) is 11.9. The Labute approximate surface area is 275 Å². The fourth-order valence-electron chi connectivity index (χ4n) is 11.9. The number of nitrogens with zero attached hydrogens (tertiary/aromatic N) is 2. The Morgan fingerprint density at radius 2 is 1.66 bits per heavy atom. The summed E-state index contributed by atoms with van der Waals surface area (Å²) < 4.78 is 17.8. The largest absolute Gasteiger partial charge is 0.504 e. The van der Waals surface area contributed by atoms with E-state index < -0.39 is 17.1 Å². The molecule has 2 aromatic carbocycles. The van der Waals surface area contributed by atoms with Gasteiger partial charge in [0, 0.05) is 48.0 Å². The number of aliphatic hydroxyl groups is 1. The van der Waals surface area contributed by atoms with E-state index in [2.05, 4.69) is 22.9 Å². The summed E-state index contributed by atoms with van der Waals surface area (Å²) in [5, 5.41) is 22.3. The Kier molecular flexibility index (Phi) is 5.84. The van der Waals surface area contributed by atoms with Crippen LogP contribution in [0.25, 0.3) is 0 Å². The summed E-state index contributed by atoms with van der Waals surface area (Å²) in [6, 6.07) is 8.42. The van der Waals surface area contributed by atoms with Gasteiger partial charge in [0.15, 0.2) is 46.8 Å². The molecular formula is C38H44N2O7. The van der Waals surface area contributed by atoms with Crippen molar-refractivity contribution in [2.24, 2.45) is 11.8 Å². The van der Waals surface area contributed by atoms with Crippen LogP contribution in [0.5, 0.6) is 23.0 Å². The summed E-state index contributed by atoms with van der Waals surface area (Å²) in [5.41, 5.74) is 3.03. The third kappa shape index (κ3) is 3.46. The fraction of sp³-hybridized carbons (Fsp3) is 0.632. The molecule has 8 atom stereocenters. The first-order chi connectivity index (χ1) is 22.7. The highest BCUT2D eigenvalue weighted by Gasteiger charge is 2.73. The molecule has 0 amide bonds. The predicted octanol–water partition coefficient (Wildman–Crippen LogP) is 3.46. The van der Waals surface area contributed by atoms with Crippen LogP contribution in [0.15, 0.2) is 24.3 Å². The molecule has 2 saturated heterocycles. The molecule has 5 aliphatic carbocycles. The first-order valence-corrected chi connectivity index (χ1v) is 17.8. The van der Waals surface area contributed by atoms with Crippen LogP contribution in [-0.2, 0) is 33.3 Å². The van der Waals surface area contributed by atoms with Gasteiger partial charge in [-0.3, -0.25) is 14.5 Å². The molecule has 5 fully saturated rings. The van der Waals surface area contributed by atoms with Crippen LogP contribution in [0, 0.1) is 11.8 Å². The molecule has 2 N–H and O–H groups in total. The van der Waals surface area contributed by atoms with Gasteiger partial charge in [0.25, 0.3) is 0 Å². The first kappa shape index (κ1) is 28.8. The molecule has 4 aliphatic heterocycles. The van der Waals surface area contributed by atoms with Gasteiger partial charge in [-0.25, -0.2) is 0 Å². The Hall–Kier alpha value is -3.14. The Bertz CT molecular complexity index is 1740. The minimum atomic E-state index is -0.940. The second-order valence-corrected chi connectivity index (χ2v) is 16.0. The second kappa shape index (κ2) is 9.51. The van der Waals surface area contributed by atoms with Crippen LogP contribution in [0.4, 0.5) is 0 Å². The summed E-state index contributed by atoms with van der Waals surface area (Å²) in [4.78, 5) is 30.3. The number of rotatable bonds is 3. The molecule has 2 aromatic rings. The zero-order chi connectivity index (χ0) is 32.0. The molecule has 0 aromatic heterocycles. The van der Waals surface area contributed by atoms with Gasteiger partial charge in [-0.1, -0.05) is 12.1 Å². The van der Waals surface area contributed by atoms with Crippen molar-refractivity contribution < 1.29 is 34.0 Å². The quantitative estimate of drug-likeness (QED) is 0.522. The second-order valence-electron chi connectivity index (χ2n) is 16.0. The van der Waals surface area contributed by atoms with Crippen LogP contribution in [0.2, 0.25) is 0 Å². The lowest BCUT2D eigenvalue weighted by Gasteiger charge is -2.62. The molecule has 248 valence electrons. The number of carbonyl (C=O) groups is 2. The molecule has 9 heteroatoms. The van der Waals surface area contributed by atoms with E-state index >= 15 is 0 Å². The topological polar surface area (TPSA) is 109 Å². The third-order valence-corrected chi connectivity index (χ3v) is 14.1. The van der Waals surface area contributed by atoms with Gasteiger partial charge >= 0.3 is 0 Å². The number of carbonyl (C=O) groups excluding carboxylic acids is 2. The molecule has 4 heterocycles. The highest BCUT2D eigenvalue weighted by Crippen LogP contribution is 2.65. The van der Waals surface area contributed by atoms with Crippen LogP contribution >= 0.6 is 0 Å². The van der Waals surface area contributed by atoms with Crippen LogP contribution < -0.4 is 14.2 Å². The monoisotopic (exact) mass is 640 g/mol. The van der Waals surface area contributed by atoms with Gasteiger partial charge in [0.05, 0.1) is 18.1 Å². The summed E-state index contributed by atoms with van der Waals surface area (Å²) in [6.07, 6.45) is 7.80. The van der Waals surface area contributed by atoms with Crippen molar-refractivity contribution in [1.29, 1.82) is 0 Å². The van der Waals surface area contributed by atoms with Crippen molar-refractivity contribution in [3.63, 3.8) is 0 Å². The molecule has 0 unspecified atom stereocenters. The van der Waals surface area contributed by atoms with Gasteiger partial charge in [-0.2, -0.15) is 0 Å². The van der Waals surface area contributed by atoms with E-state index in [0.29, 0.717) is 37.0 Å². The van der Waals surface area contributed by atoms with Crippen LogP contribution in [0.3, 0.4) is 0 Å². The molecule has 0 radical (unpaired) electrons. The van der Waals surface area contributed by atoms with Crippen molar-refractivity contribution in [3.05, 3.63) is 46.5 Å². The molecule has 11 rings (SSSR count). The summed E-state index contributed by atoms with van der Waals surface area (Å²) in [5.74, 6) is 3.85. The average Bonchev–Trinajstić information content (AvgIpc) is 3.70. The van der Waals surface area contributed by atoms with Gasteiger partial charge < -0.3 is 29.3 Å². The molecule has 4 bridgehead atoms. The molecule has 9 aliphatic rings. The number of hydrogen-bond donors (Lipinski definition) is 2. The van der Waals surface area contributed by atoms with E-state index in [4.69, 9.17) is 14.2 Å². The Balaban J connectivity index is 0.000000122. The van der Waals surface area contributed by atoms with E-state index in [1.54, 1.807) is 13.2 Å². The molecular weight excluding hydrogens is 596 g/mol. The molecule has 3 saturated carbocycles. The SMILES string of the molecule is COc1ccc2c3c1O[C@H]1C(=O)CC[C@H]4[C@@H](C2)N(C)CC[C@]314.O=C1CC[C@@]2(O)[C@H]3Cc4ccc(O)c5c4[C@@]2(CCN3CC2CC2)[C@H]1O5. The number of piperidine rings is 2. The number of benzene rings is 2. The van der Waals surface area contributed by atoms with Gasteiger partial charge in [0.2, 0.25) is 0 Å². The van der Waals surface area contributed by atoms with E-state index in [-0.39, 0.29) is 34.9 Å². The van der Waals surface area contributed by atoms with E-state index in [0.717, 1.165) is 80.3 Å². The molecule has 9 nitrogen and oxygen atoms in total. The van der Waals surface area contributed by atoms with Crippen molar-refractivity contribution >= 4 is 11.6 Å². The number of phenols is 1. The molecule has 2 spiro atoms. The number of aromatic hydroxyl groups is 1. The Morgan fingerprint density at radius 3 is 2.47 bits per heavy atom. The van der Waals surface area contributed by atoms with Crippen molar-refractivity contribution in [1.82, 2.24) is 9.80 Å². The number of phenolic OH excluding ortho intramolecular Hbond substituents is 1. The number of methoxy groups -OCH3 is 1. The minimum Gasteiger partial charge on any atom is -0.504 e. The summed E-state index contributed by atoms with van der Waals surface area (Å²) in [6.45, 7) is 3.00. The van der Waals surface area contributed by atoms with Gasteiger partial charge in [0.1, 0.15) is 0 Å². The van der Waals surface area contributed by atoms with Crippen molar-refractivity contribution in [2.45, 2.75) is 105 Å². The maximum absolute atomic E-state index is 12.7. The summed E-state index contributed by atoms with van der Waals surface area (Å²) >= 11 is 0. The smallest absolute Gasteiger partial charge is 0.174 e.